The van der Waals surface area contributed by atoms with Gasteiger partial charge in [0.1, 0.15) is 5.54 Å². The summed E-state index contributed by atoms with van der Waals surface area (Å²) < 4.78 is 0. The molecule has 0 spiro atoms. The quantitative estimate of drug-likeness (QED) is 0.860. The molecular weight excluding hydrogens is 226 g/mol. The van der Waals surface area contributed by atoms with Crippen LogP contribution in [0.3, 0.4) is 0 Å². The molecule has 1 saturated carbocycles. The summed E-state index contributed by atoms with van der Waals surface area (Å²) in [4.78, 5) is 11.8. The highest BCUT2D eigenvalue weighted by molar-refractivity contribution is 5.80. The van der Waals surface area contributed by atoms with Crippen LogP contribution < -0.4 is 5.32 Å². The zero-order chi connectivity index (χ0) is 13.0. The fourth-order valence-corrected chi connectivity index (χ4v) is 3.17. The number of carbonyl (C=O) groups is 1. The first-order valence-electron chi connectivity index (χ1n) is 6.74. The molecule has 0 saturated heterocycles. The summed E-state index contributed by atoms with van der Waals surface area (Å²) in [5, 5.41) is 12.9. The summed E-state index contributed by atoms with van der Waals surface area (Å²) in [6.07, 6.45) is 3.77. The molecular formula is C15H21NO2. The van der Waals surface area contributed by atoms with Crippen LogP contribution in [0, 0.1) is 0 Å². The predicted molar refractivity (Wildman–Crippen MR) is 71.7 cm³/mol. The van der Waals surface area contributed by atoms with Crippen molar-refractivity contribution in [2.24, 2.45) is 0 Å². The lowest BCUT2D eigenvalue weighted by Crippen LogP contribution is -2.57. The van der Waals surface area contributed by atoms with Gasteiger partial charge in [-0.1, -0.05) is 50.1 Å². The van der Waals surface area contributed by atoms with Gasteiger partial charge in [0.25, 0.3) is 0 Å². The maximum Gasteiger partial charge on any atom is 0.324 e. The number of likely N-dealkylation sites (N-methyl/N-ethyl adjacent to an activating group) is 1. The minimum atomic E-state index is -0.783. The van der Waals surface area contributed by atoms with E-state index in [2.05, 4.69) is 5.32 Å². The van der Waals surface area contributed by atoms with Crippen molar-refractivity contribution in [1.29, 1.82) is 0 Å². The summed E-state index contributed by atoms with van der Waals surface area (Å²) in [7, 11) is 0. The van der Waals surface area contributed by atoms with Crippen LogP contribution in [0.1, 0.15) is 44.1 Å². The van der Waals surface area contributed by atoms with Crippen molar-refractivity contribution in [3.63, 3.8) is 0 Å². The molecule has 98 valence electrons. The SMILES string of the molecule is CCNC1(C(=O)O)CCCCC1c1ccccc1. The molecule has 0 aliphatic heterocycles. The van der Waals surface area contributed by atoms with Crippen LogP contribution in [0.15, 0.2) is 30.3 Å². The van der Waals surface area contributed by atoms with E-state index >= 15 is 0 Å². The first-order valence-corrected chi connectivity index (χ1v) is 6.74. The van der Waals surface area contributed by atoms with Gasteiger partial charge < -0.3 is 10.4 Å². The van der Waals surface area contributed by atoms with Crippen molar-refractivity contribution in [3.05, 3.63) is 35.9 Å². The van der Waals surface area contributed by atoms with Crippen LogP contribution in [0.5, 0.6) is 0 Å². The molecule has 0 bridgehead atoms. The highest BCUT2D eigenvalue weighted by atomic mass is 16.4. The Balaban J connectivity index is 2.37. The van der Waals surface area contributed by atoms with Gasteiger partial charge >= 0.3 is 5.97 Å². The Morgan fingerprint density at radius 1 is 1.39 bits per heavy atom. The van der Waals surface area contributed by atoms with Crippen molar-refractivity contribution >= 4 is 5.97 Å². The van der Waals surface area contributed by atoms with E-state index in [1.54, 1.807) is 0 Å². The van der Waals surface area contributed by atoms with Crippen molar-refractivity contribution in [2.45, 2.75) is 44.1 Å². The van der Waals surface area contributed by atoms with Crippen LogP contribution in [0.4, 0.5) is 0 Å². The van der Waals surface area contributed by atoms with Gasteiger partial charge in [0.05, 0.1) is 0 Å². The highest BCUT2D eigenvalue weighted by Crippen LogP contribution is 2.41. The first kappa shape index (κ1) is 13.1. The Morgan fingerprint density at radius 3 is 2.72 bits per heavy atom. The average molecular weight is 247 g/mol. The average Bonchev–Trinajstić information content (AvgIpc) is 2.40. The molecule has 0 heterocycles. The fourth-order valence-electron chi connectivity index (χ4n) is 3.17. The second-order valence-electron chi connectivity index (χ2n) is 5.02. The molecule has 0 aromatic heterocycles. The monoisotopic (exact) mass is 247 g/mol. The van der Waals surface area contributed by atoms with Crippen LogP contribution in [-0.4, -0.2) is 23.2 Å². The third-order valence-electron chi connectivity index (χ3n) is 3.98. The largest absolute Gasteiger partial charge is 0.480 e. The number of carboxylic acid groups (broad SMARTS) is 1. The van der Waals surface area contributed by atoms with Crippen molar-refractivity contribution in [2.75, 3.05) is 6.54 Å². The van der Waals surface area contributed by atoms with E-state index in [-0.39, 0.29) is 5.92 Å². The standard InChI is InChI=1S/C15H21NO2/c1-2-16-15(14(17)18)11-7-6-10-13(15)12-8-4-3-5-9-12/h3-5,8-9,13,16H,2,6-7,10-11H2,1H3,(H,17,18). The topological polar surface area (TPSA) is 49.3 Å². The van der Waals surface area contributed by atoms with Crippen molar-refractivity contribution in [1.82, 2.24) is 5.32 Å². The smallest absolute Gasteiger partial charge is 0.324 e. The third kappa shape index (κ3) is 2.27. The Bertz CT molecular complexity index is 400. The number of aliphatic carboxylic acids is 1. The number of rotatable bonds is 4. The van der Waals surface area contributed by atoms with Crippen molar-refractivity contribution in [3.8, 4) is 0 Å². The van der Waals surface area contributed by atoms with E-state index in [0.717, 1.165) is 31.2 Å². The number of carboxylic acids is 1. The van der Waals surface area contributed by atoms with Gasteiger partial charge in [0.15, 0.2) is 0 Å². The number of hydrogen-bond donors (Lipinski definition) is 2. The summed E-state index contributed by atoms with van der Waals surface area (Å²) in [6, 6.07) is 10.0. The third-order valence-corrected chi connectivity index (χ3v) is 3.98. The molecule has 2 unspecified atom stereocenters. The van der Waals surface area contributed by atoms with E-state index in [1.807, 2.05) is 37.3 Å². The Hall–Kier alpha value is -1.35. The van der Waals surface area contributed by atoms with Crippen LogP contribution >= 0.6 is 0 Å². The predicted octanol–water partition coefficient (Wildman–Crippen LogP) is 2.78. The number of hydrogen-bond acceptors (Lipinski definition) is 2. The molecule has 1 aromatic rings. The molecule has 18 heavy (non-hydrogen) atoms. The van der Waals surface area contributed by atoms with Crippen molar-refractivity contribution < 1.29 is 9.90 Å². The van der Waals surface area contributed by atoms with Crippen LogP contribution in [0.25, 0.3) is 0 Å². The molecule has 1 aromatic carbocycles. The van der Waals surface area contributed by atoms with E-state index in [9.17, 15) is 9.90 Å². The first-order chi connectivity index (χ1) is 8.70. The summed E-state index contributed by atoms with van der Waals surface area (Å²) in [6.45, 7) is 2.66. The lowest BCUT2D eigenvalue weighted by Gasteiger charge is -2.41. The zero-order valence-corrected chi connectivity index (χ0v) is 10.9. The minimum Gasteiger partial charge on any atom is -0.480 e. The van der Waals surface area contributed by atoms with Crippen LogP contribution in [0.2, 0.25) is 0 Å². The van der Waals surface area contributed by atoms with Gasteiger partial charge in [0.2, 0.25) is 0 Å². The lowest BCUT2D eigenvalue weighted by molar-refractivity contribution is -0.147. The molecule has 3 heteroatoms. The molecule has 3 nitrogen and oxygen atoms in total. The molecule has 0 radical (unpaired) electrons. The van der Waals surface area contributed by atoms with E-state index < -0.39 is 11.5 Å². The van der Waals surface area contributed by atoms with Gasteiger partial charge in [-0.25, -0.2) is 0 Å². The number of benzene rings is 1. The van der Waals surface area contributed by atoms with Gasteiger partial charge in [0, 0.05) is 5.92 Å². The van der Waals surface area contributed by atoms with Gasteiger partial charge in [-0.05, 0) is 24.9 Å². The van der Waals surface area contributed by atoms with E-state index in [0.29, 0.717) is 6.54 Å². The summed E-state index contributed by atoms with van der Waals surface area (Å²) >= 11 is 0. The Kier molecular flexibility index (Phi) is 4.02. The Labute approximate surface area is 108 Å². The maximum atomic E-state index is 11.8. The van der Waals surface area contributed by atoms with Crippen LogP contribution in [-0.2, 0) is 4.79 Å². The molecule has 2 N–H and O–H groups in total. The molecule has 1 aliphatic rings. The maximum absolute atomic E-state index is 11.8. The molecule has 2 atom stereocenters. The normalized spacial score (nSPS) is 27.9. The molecule has 2 rings (SSSR count). The second-order valence-corrected chi connectivity index (χ2v) is 5.02. The second kappa shape index (κ2) is 5.53. The zero-order valence-electron chi connectivity index (χ0n) is 10.9. The van der Waals surface area contributed by atoms with Gasteiger partial charge in [-0.2, -0.15) is 0 Å². The highest BCUT2D eigenvalue weighted by Gasteiger charge is 2.47. The van der Waals surface area contributed by atoms with Gasteiger partial charge in [-0.3, -0.25) is 4.79 Å². The molecule has 1 fully saturated rings. The lowest BCUT2D eigenvalue weighted by atomic mass is 9.69. The van der Waals surface area contributed by atoms with Gasteiger partial charge in [-0.15, -0.1) is 0 Å². The molecule has 0 amide bonds. The minimum absolute atomic E-state index is 0.0740. The summed E-state index contributed by atoms with van der Waals surface area (Å²) in [5.74, 6) is -0.636. The molecule has 1 aliphatic carbocycles. The fraction of sp³-hybridized carbons (Fsp3) is 0.533. The number of nitrogens with one attached hydrogen (secondary N) is 1. The van der Waals surface area contributed by atoms with E-state index in [4.69, 9.17) is 0 Å². The Morgan fingerprint density at radius 2 is 2.11 bits per heavy atom. The van der Waals surface area contributed by atoms with E-state index in [1.165, 1.54) is 0 Å². The summed E-state index contributed by atoms with van der Waals surface area (Å²) in [5.41, 5.74) is 0.356.